The summed E-state index contributed by atoms with van der Waals surface area (Å²) in [6.45, 7) is 3.63. The lowest BCUT2D eigenvalue weighted by Gasteiger charge is -2.38. The highest BCUT2D eigenvalue weighted by Crippen LogP contribution is 2.43. The van der Waals surface area contributed by atoms with Gasteiger partial charge in [0.25, 0.3) is 0 Å². The number of nitrogens with one attached hydrogen (secondary N) is 1. The number of anilines is 2. The van der Waals surface area contributed by atoms with E-state index in [2.05, 4.69) is 54.4 Å². The number of aromatic nitrogens is 2. The van der Waals surface area contributed by atoms with Crippen LogP contribution in [0.5, 0.6) is 0 Å². The second kappa shape index (κ2) is 10.1. The molecule has 5 rings (SSSR count). The van der Waals surface area contributed by atoms with Gasteiger partial charge in [-0.15, -0.1) is 11.3 Å². The molecule has 9 heteroatoms. The highest BCUT2D eigenvalue weighted by Gasteiger charge is 2.35. The van der Waals surface area contributed by atoms with E-state index in [0.29, 0.717) is 29.9 Å². The molecule has 8 nitrogen and oxygen atoms in total. The molecule has 0 spiro atoms. The van der Waals surface area contributed by atoms with Gasteiger partial charge in [-0.1, -0.05) is 13.0 Å². The van der Waals surface area contributed by atoms with E-state index in [-0.39, 0.29) is 6.04 Å². The first-order valence-electron chi connectivity index (χ1n) is 12.7. The molecule has 1 aliphatic heterocycles. The number of fused-ring (bicyclic) bond motifs is 1. The zero-order valence-electron chi connectivity index (χ0n) is 21.2. The lowest BCUT2D eigenvalue weighted by Crippen LogP contribution is -2.46. The van der Waals surface area contributed by atoms with Crippen LogP contribution in [0.15, 0.2) is 30.5 Å². The van der Waals surface area contributed by atoms with Crippen molar-refractivity contribution < 1.29 is 9.59 Å². The van der Waals surface area contributed by atoms with E-state index in [4.69, 9.17) is 10.7 Å². The average Bonchev–Trinajstić information content (AvgIpc) is 3.61. The molecule has 0 bridgehead atoms. The summed E-state index contributed by atoms with van der Waals surface area (Å²) in [7, 11) is 4.13. The zero-order chi connectivity index (χ0) is 25.4. The number of likely N-dealkylation sites (tertiary alicyclic amines) is 1. The van der Waals surface area contributed by atoms with Crippen LogP contribution in [0.2, 0.25) is 0 Å². The molecule has 3 heterocycles. The lowest BCUT2D eigenvalue weighted by atomic mass is 9.89. The van der Waals surface area contributed by atoms with Gasteiger partial charge in [0, 0.05) is 19.5 Å². The quantitative estimate of drug-likeness (QED) is 0.486. The molecule has 2 atom stereocenters. The minimum Gasteiger partial charge on any atom is -0.383 e. The number of pyridine rings is 1. The SMILES string of the molecule is C[C@@H]1CC[C@@H](c2ccc3sc(CCN(C)C)nc3c2)N(C(=O)C(=O)Nc2cnc(N)c(C3CC3)c2)C1. The molecule has 2 fully saturated rings. The first-order valence-corrected chi connectivity index (χ1v) is 13.5. The van der Waals surface area contributed by atoms with Crippen LogP contribution in [0.1, 0.15) is 60.7 Å². The molecular formula is C27H34N6O2S. The van der Waals surface area contributed by atoms with Crippen LogP contribution in [-0.4, -0.2) is 58.8 Å². The summed E-state index contributed by atoms with van der Waals surface area (Å²) in [5.74, 6) is 0.0817. The van der Waals surface area contributed by atoms with Gasteiger partial charge >= 0.3 is 11.8 Å². The number of carbonyl (C=O) groups is 2. The van der Waals surface area contributed by atoms with Crippen molar-refractivity contribution >= 4 is 44.9 Å². The first-order chi connectivity index (χ1) is 17.3. The van der Waals surface area contributed by atoms with Crippen LogP contribution in [0.3, 0.4) is 0 Å². The summed E-state index contributed by atoms with van der Waals surface area (Å²) in [6, 6.07) is 7.98. The van der Waals surface area contributed by atoms with Crippen molar-refractivity contribution in [3.8, 4) is 0 Å². The van der Waals surface area contributed by atoms with E-state index in [1.807, 2.05) is 6.07 Å². The zero-order valence-corrected chi connectivity index (χ0v) is 22.0. The summed E-state index contributed by atoms with van der Waals surface area (Å²) in [5, 5.41) is 3.88. The topological polar surface area (TPSA) is 104 Å². The molecular weight excluding hydrogens is 472 g/mol. The second-order valence-electron chi connectivity index (χ2n) is 10.5. The average molecular weight is 507 g/mol. The molecule has 1 aliphatic carbocycles. The van der Waals surface area contributed by atoms with Gasteiger partial charge in [0.1, 0.15) is 5.82 Å². The standard InChI is InChI=1S/C27H34N6O2S/c1-16-4-8-22(18-7-9-23-21(12-18)31-24(36-23)10-11-32(2)3)33(15-16)27(35)26(34)30-19-13-20(17-5-6-17)25(28)29-14-19/h7,9,12-14,16-17,22H,4-6,8,10-11,15H2,1-3H3,(H2,28,29)(H,30,34)/t16-,22+/m1/s1. The van der Waals surface area contributed by atoms with Crippen LogP contribution in [0.4, 0.5) is 11.5 Å². The number of amides is 2. The summed E-state index contributed by atoms with van der Waals surface area (Å²) < 4.78 is 1.15. The smallest absolute Gasteiger partial charge is 0.313 e. The number of thiazole rings is 1. The minimum absolute atomic E-state index is 0.151. The van der Waals surface area contributed by atoms with Crippen molar-refractivity contribution in [3.05, 3.63) is 46.6 Å². The molecule has 1 saturated carbocycles. The molecule has 1 aromatic carbocycles. The predicted octanol–water partition coefficient (Wildman–Crippen LogP) is 4.19. The Balaban J connectivity index is 1.34. The van der Waals surface area contributed by atoms with Crippen molar-refractivity contribution in [2.24, 2.45) is 5.92 Å². The number of rotatable bonds is 6. The van der Waals surface area contributed by atoms with Crippen LogP contribution < -0.4 is 11.1 Å². The maximum atomic E-state index is 13.4. The molecule has 3 aromatic rings. The second-order valence-corrected chi connectivity index (χ2v) is 11.6. The van der Waals surface area contributed by atoms with Crippen LogP contribution in [0.25, 0.3) is 10.2 Å². The number of piperidine rings is 1. The van der Waals surface area contributed by atoms with Crippen molar-refractivity contribution in [2.75, 3.05) is 38.2 Å². The van der Waals surface area contributed by atoms with E-state index in [1.165, 1.54) is 6.20 Å². The highest BCUT2D eigenvalue weighted by atomic mass is 32.1. The Labute approximate surface area is 215 Å². The van der Waals surface area contributed by atoms with Gasteiger partial charge in [0.05, 0.1) is 33.2 Å². The third-order valence-corrected chi connectivity index (χ3v) is 8.21. The molecule has 3 N–H and O–H groups in total. The van der Waals surface area contributed by atoms with Crippen molar-refractivity contribution in [3.63, 3.8) is 0 Å². The van der Waals surface area contributed by atoms with E-state index >= 15 is 0 Å². The van der Waals surface area contributed by atoms with Crippen LogP contribution >= 0.6 is 11.3 Å². The summed E-state index contributed by atoms with van der Waals surface area (Å²) in [4.78, 5) is 39.4. The van der Waals surface area contributed by atoms with Gasteiger partial charge in [-0.3, -0.25) is 9.59 Å². The maximum absolute atomic E-state index is 13.4. The number of hydrogen-bond donors (Lipinski definition) is 2. The normalized spacial score (nSPS) is 20.2. The number of nitrogens with zero attached hydrogens (tertiary/aromatic N) is 4. The molecule has 36 heavy (non-hydrogen) atoms. The Hall–Kier alpha value is -3.04. The Kier molecular flexibility index (Phi) is 6.94. The van der Waals surface area contributed by atoms with Crippen molar-refractivity contribution in [2.45, 2.75) is 51.0 Å². The predicted molar refractivity (Wildman–Crippen MR) is 144 cm³/mol. The Morgan fingerprint density at radius 1 is 1.19 bits per heavy atom. The summed E-state index contributed by atoms with van der Waals surface area (Å²) >= 11 is 1.72. The van der Waals surface area contributed by atoms with Gasteiger partial charge in [0.2, 0.25) is 0 Å². The van der Waals surface area contributed by atoms with Gasteiger partial charge < -0.3 is 20.9 Å². The highest BCUT2D eigenvalue weighted by molar-refractivity contribution is 7.18. The lowest BCUT2D eigenvalue weighted by molar-refractivity contribution is -0.146. The number of carbonyl (C=O) groups excluding carboxylic acids is 2. The monoisotopic (exact) mass is 506 g/mol. The number of likely N-dealkylation sites (N-methyl/N-ethyl adjacent to an activating group) is 1. The fourth-order valence-corrected chi connectivity index (χ4v) is 5.88. The number of hydrogen-bond acceptors (Lipinski definition) is 7. The van der Waals surface area contributed by atoms with Gasteiger partial charge in [-0.2, -0.15) is 0 Å². The molecule has 0 radical (unpaired) electrons. The third kappa shape index (κ3) is 5.37. The minimum atomic E-state index is -0.636. The molecule has 1 saturated heterocycles. The summed E-state index contributed by atoms with van der Waals surface area (Å²) in [6.07, 6.45) is 6.42. The van der Waals surface area contributed by atoms with Gasteiger partial charge in [0.15, 0.2) is 0 Å². The maximum Gasteiger partial charge on any atom is 0.313 e. The molecule has 2 amide bonds. The third-order valence-electron chi connectivity index (χ3n) is 7.11. The first kappa shape index (κ1) is 24.6. The van der Waals surface area contributed by atoms with Gasteiger partial charge in [-0.25, -0.2) is 9.97 Å². The largest absolute Gasteiger partial charge is 0.383 e. The fraction of sp³-hybridized carbons (Fsp3) is 0.481. The number of nitrogens with two attached hydrogens (primary N) is 1. The van der Waals surface area contributed by atoms with Crippen LogP contribution in [0, 0.1) is 5.92 Å². The molecule has 2 aliphatic rings. The fourth-order valence-electron chi connectivity index (χ4n) is 4.95. The Bertz CT molecular complexity index is 1280. The Morgan fingerprint density at radius 2 is 2.00 bits per heavy atom. The van der Waals surface area contributed by atoms with E-state index in [9.17, 15) is 9.59 Å². The summed E-state index contributed by atoms with van der Waals surface area (Å²) in [5.41, 5.74) is 9.46. The molecule has 0 unspecified atom stereocenters. The van der Waals surface area contributed by atoms with E-state index in [0.717, 1.165) is 65.0 Å². The number of benzene rings is 1. The van der Waals surface area contributed by atoms with Crippen molar-refractivity contribution in [1.82, 2.24) is 19.8 Å². The van der Waals surface area contributed by atoms with E-state index < -0.39 is 11.8 Å². The van der Waals surface area contributed by atoms with Gasteiger partial charge in [-0.05, 0) is 80.9 Å². The Morgan fingerprint density at radius 3 is 2.75 bits per heavy atom. The number of nitrogen functional groups attached to an aromatic ring is 1. The van der Waals surface area contributed by atoms with E-state index in [1.54, 1.807) is 16.2 Å². The van der Waals surface area contributed by atoms with Crippen molar-refractivity contribution in [1.29, 1.82) is 0 Å². The van der Waals surface area contributed by atoms with Crippen LogP contribution in [-0.2, 0) is 16.0 Å². The molecule has 2 aromatic heterocycles. The molecule has 190 valence electrons.